The van der Waals surface area contributed by atoms with Crippen LogP contribution in [-0.4, -0.2) is 79.9 Å². The summed E-state index contributed by atoms with van der Waals surface area (Å²) in [7, 11) is 0. The van der Waals surface area contributed by atoms with Crippen LogP contribution in [0.1, 0.15) is 37.7 Å². The molecule has 5 heterocycles. The highest BCUT2D eigenvalue weighted by atomic mass is 16.2. The topological polar surface area (TPSA) is 106 Å². The van der Waals surface area contributed by atoms with Crippen LogP contribution in [0.3, 0.4) is 0 Å². The first kappa shape index (κ1) is 25.0. The molecule has 2 aliphatic heterocycles. The third-order valence-electron chi connectivity index (χ3n) is 8.20. The number of fused-ring (bicyclic) bond motifs is 1. The molecule has 0 atom stereocenters. The van der Waals surface area contributed by atoms with Gasteiger partial charge in [-0.1, -0.05) is 6.07 Å². The van der Waals surface area contributed by atoms with Crippen LogP contribution in [0.25, 0.3) is 22.3 Å². The molecule has 0 bridgehead atoms. The van der Waals surface area contributed by atoms with E-state index in [9.17, 15) is 4.79 Å². The summed E-state index contributed by atoms with van der Waals surface area (Å²) in [5.74, 6) is 3.06. The number of piperazine rings is 1. The summed E-state index contributed by atoms with van der Waals surface area (Å²) in [5.41, 5.74) is 4.95. The van der Waals surface area contributed by atoms with E-state index in [0.29, 0.717) is 17.8 Å². The van der Waals surface area contributed by atoms with E-state index >= 15 is 0 Å². The van der Waals surface area contributed by atoms with E-state index in [1.165, 1.54) is 24.8 Å². The summed E-state index contributed by atoms with van der Waals surface area (Å²) >= 11 is 0. The number of anilines is 3. The molecule has 40 heavy (non-hydrogen) atoms. The number of H-pyrrole nitrogens is 1. The van der Waals surface area contributed by atoms with Crippen LogP contribution >= 0.6 is 0 Å². The first-order chi connectivity index (χ1) is 19.7. The average molecular weight is 538 g/mol. The fourth-order valence-electron chi connectivity index (χ4n) is 5.76. The molecule has 0 unspecified atom stereocenters. The molecule has 206 valence electrons. The number of imidazole rings is 1. The summed E-state index contributed by atoms with van der Waals surface area (Å²) in [6.45, 7) is 6.39. The van der Waals surface area contributed by atoms with Crippen molar-refractivity contribution in [3.05, 3.63) is 54.5 Å². The zero-order chi connectivity index (χ0) is 26.9. The SMILES string of the molecule is O=C(C1CC1)N1CCN(Cc2ccnc(Nc3nc4ccc(-c5cc(N6CCCCC6)ncn5)cc4[nH]3)c2)CC1. The number of hydrogen-bond acceptors (Lipinski definition) is 8. The molecule has 3 aliphatic rings. The van der Waals surface area contributed by atoms with Gasteiger partial charge in [0.1, 0.15) is 18.0 Å². The number of benzene rings is 1. The van der Waals surface area contributed by atoms with Gasteiger partial charge in [0.15, 0.2) is 0 Å². The average Bonchev–Trinajstić information content (AvgIpc) is 3.77. The molecule has 1 amide bonds. The Balaban J connectivity index is 1.01. The second kappa shape index (κ2) is 10.8. The Bertz CT molecular complexity index is 1500. The van der Waals surface area contributed by atoms with Crippen molar-refractivity contribution >= 4 is 34.5 Å². The van der Waals surface area contributed by atoms with Gasteiger partial charge in [-0.2, -0.15) is 0 Å². The van der Waals surface area contributed by atoms with Crippen molar-refractivity contribution in [3.63, 3.8) is 0 Å². The van der Waals surface area contributed by atoms with Crippen LogP contribution in [0, 0.1) is 5.92 Å². The second-order valence-corrected chi connectivity index (χ2v) is 11.2. The van der Waals surface area contributed by atoms with Crippen molar-refractivity contribution in [2.24, 2.45) is 5.92 Å². The number of nitrogens with zero attached hydrogens (tertiary/aromatic N) is 7. The minimum absolute atomic E-state index is 0.301. The summed E-state index contributed by atoms with van der Waals surface area (Å²) in [5, 5.41) is 3.34. The third-order valence-corrected chi connectivity index (χ3v) is 8.20. The lowest BCUT2D eigenvalue weighted by molar-refractivity contribution is -0.134. The molecule has 1 aromatic carbocycles. The summed E-state index contributed by atoms with van der Waals surface area (Å²) in [4.78, 5) is 40.9. The number of amides is 1. The van der Waals surface area contributed by atoms with Crippen LogP contribution in [-0.2, 0) is 11.3 Å². The van der Waals surface area contributed by atoms with Gasteiger partial charge in [-0.15, -0.1) is 0 Å². The first-order valence-corrected chi connectivity index (χ1v) is 14.5. The maximum atomic E-state index is 12.3. The van der Waals surface area contributed by atoms with E-state index < -0.39 is 0 Å². The molecule has 7 rings (SSSR count). The number of hydrogen-bond donors (Lipinski definition) is 2. The van der Waals surface area contributed by atoms with E-state index in [4.69, 9.17) is 4.98 Å². The van der Waals surface area contributed by atoms with Gasteiger partial charge < -0.3 is 20.1 Å². The molecule has 10 nitrogen and oxygen atoms in total. The Morgan fingerprint density at radius 3 is 2.60 bits per heavy atom. The fourth-order valence-corrected chi connectivity index (χ4v) is 5.76. The van der Waals surface area contributed by atoms with E-state index in [1.54, 1.807) is 6.33 Å². The van der Waals surface area contributed by atoms with E-state index in [1.807, 2.05) is 17.2 Å². The van der Waals surface area contributed by atoms with Crippen LogP contribution in [0.2, 0.25) is 0 Å². The molecular formula is C30H35N9O. The fraction of sp³-hybridized carbons (Fsp3) is 0.433. The Morgan fingerprint density at radius 2 is 1.77 bits per heavy atom. The molecule has 3 aromatic heterocycles. The number of carbonyl (C=O) groups is 1. The van der Waals surface area contributed by atoms with Gasteiger partial charge in [-0.05, 0) is 61.9 Å². The quantitative estimate of drug-likeness (QED) is 0.361. The first-order valence-electron chi connectivity index (χ1n) is 14.5. The Hall–Kier alpha value is -4.05. The van der Waals surface area contributed by atoms with Crippen molar-refractivity contribution in [2.45, 2.75) is 38.6 Å². The van der Waals surface area contributed by atoms with Gasteiger partial charge in [-0.25, -0.2) is 19.9 Å². The maximum Gasteiger partial charge on any atom is 0.225 e. The normalized spacial score (nSPS) is 18.3. The highest BCUT2D eigenvalue weighted by molar-refractivity contribution is 5.83. The van der Waals surface area contributed by atoms with E-state index in [0.717, 1.165) is 92.6 Å². The Kier molecular flexibility index (Phi) is 6.76. The smallest absolute Gasteiger partial charge is 0.225 e. The molecule has 1 aliphatic carbocycles. The second-order valence-electron chi connectivity index (χ2n) is 11.2. The largest absolute Gasteiger partial charge is 0.357 e. The minimum Gasteiger partial charge on any atom is -0.357 e. The van der Waals surface area contributed by atoms with Crippen molar-refractivity contribution in [1.29, 1.82) is 0 Å². The van der Waals surface area contributed by atoms with Crippen LogP contribution < -0.4 is 10.2 Å². The number of aromatic amines is 1. The molecular weight excluding hydrogens is 502 g/mol. The van der Waals surface area contributed by atoms with Crippen molar-refractivity contribution in [2.75, 3.05) is 49.5 Å². The Labute approximate surface area is 233 Å². The highest BCUT2D eigenvalue weighted by Crippen LogP contribution is 2.31. The zero-order valence-electron chi connectivity index (χ0n) is 22.7. The van der Waals surface area contributed by atoms with Crippen LogP contribution in [0.15, 0.2) is 48.9 Å². The number of piperidine rings is 1. The number of nitrogens with one attached hydrogen (secondary N) is 2. The standard InChI is InChI=1S/C30H35N9O/c40-29(22-4-5-22)39-14-12-37(13-15-39)19-21-8-9-31-27(16-21)36-30-34-24-7-6-23(17-26(24)35-30)25-18-28(33-20-32-25)38-10-2-1-3-11-38/h6-9,16-18,20,22H,1-5,10-15,19H2,(H2,31,34,35,36). The third kappa shape index (κ3) is 5.49. The van der Waals surface area contributed by atoms with Gasteiger partial charge in [-0.3, -0.25) is 9.69 Å². The van der Waals surface area contributed by atoms with E-state index in [2.05, 4.69) is 65.4 Å². The number of pyridine rings is 1. The summed E-state index contributed by atoms with van der Waals surface area (Å²) in [6.07, 6.45) is 9.36. The minimum atomic E-state index is 0.301. The number of aromatic nitrogens is 5. The van der Waals surface area contributed by atoms with Crippen molar-refractivity contribution in [3.8, 4) is 11.3 Å². The molecule has 2 saturated heterocycles. The van der Waals surface area contributed by atoms with Crippen molar-refractivity contribution in [1.82, 2.24) is 34.7 Å². The van der Waals surface area contributed by atoms with E-state index in [-0.39, 0.29) is 0 Å². The molecule has 1 saturated carbocycles. The number of carbonyl (C=O) groups excluding carboxylic acids is 1. The number of rotatable bonds is 7. The zero-order valence-corrected chi connectivity index (χ0v) is 22.7. The lowest BCUT2D eigenvalue weighted by Gasteiger charge is -2.34. The molecule has 4 aromatic rings. The lowest BCUT2D eigenvalue weighted by Crippen LogP contribution is -2.48. The molecule has 10 heteroatoms. The van der Waals surface area contributed by atoms with Gasteiger partial charge >= 0.3 is 0 Å². The predicted octanol–water partition coefficient (Wildman–Crippen LogP) is 4.20. The van der Waals surface area contributed by atoms with Gasteiger partial charge in [0.2, 0.25) is 11.9 Å². The van der Waals surface area contributed by atoms with Crippen LogP contribution in [0.4, 0.5) is 17.6 Å². The highest BCUT2D eigenvalue weighted by Gasteiger charge is 2.34. The predicted molar refractivity (Wildman–Crippen MR) is 155 cm³/mol. The molecule has 2 N–H and O–H groups in total. The van der Waals surface area contributed by atoms with Gasteiger partial charge in [0.05, 0.1) is 16.7 Å². The molecule has 0 radical (unpaired) electrons. The van der Waals surface area contributed by atoms with Crippen LogP contribution in [0.5, 0.6) is 0 Å². The van der Waals surface area contributed by atoms with Gasteiger partial charge in [0.25, 0.3) is 0 Å². The summed E-state index contributed by atoms with van der Waals surface area (Å²) in [6, 6.07) is 12.4. The Morgan fingerprint density at radius 1 is 0.925 bits per heavy atom. The lowest BCUT2D eigenvalue weighted by atomic mass is 10.1. The molecule has 3 fully saturated rings. The summed E-state index contributed by atoms with van der Waals surface area (Å²) < 4.78 is 0. The van der Waals surface area contributed by atoms with Gasteiger partial charge in [0, 0.05) is 69.6 Å². The maximum absolute atomic E-state index is 12.3. The molecule has 0 spiro atoms. The monoisotopic (exact) mass is 537 g/mol. The van der Waals surface area contributed by atoms with Crippen molar-refractivity contribution < 1.29 is 4.79 Å².